The largest absolute Gasteiger partial charge is 0.343 e. The molecule has 6 nitrogen and oxygen atoms in total. The number of aromatic amines is 1. The summed E-state index contributed by atoms with van der Waals surface area (Å²) in [6, 6.07) is 8.57. The second-order valence-corrected chi connectivity index (χ2v) is 5.76. The molecule has 0 fully saturated rings. The van der Waals surface area contributed by atoms with Gasteiger partial charge < -0.3 is 10.3 Å². The van der Waals surface area contributed by atoms with Crippen molar-refractivity contribution in [2.75, 3.05) is 5.32 Å². The Morgan fingerprint density at radius 2 is 2.13 bits per heavy atom. The van der Waals surface area contributed by atoms with Gasteiger partial charge in [0.25, 0.3) is 5.56 Å². The molecule has 0 saturated heterocycles. The number of anilines is 1. The molecule has 2 heterocycles. The summed E-state index contributed by atoms with van der Waals surface area (Å²) < 4.78 is 1.36. The maximum atomic E-state index is 12.5. The van der Waals surface area contributed by atoms with Crippen molar-refractivity contribution in [3.63, 3.8) is 0 Å². The molecule has 0 aliphatic heterocycles. The van der Waals surface area contributed by atoms with Crippen LogP contribution in [0.3, 0.4) is 0 Å². The molecule has 0 saturated carbocycles. The lowest BCUT2D eigenvalue weighted by Gasteiger charge is -2.10. The number of halogens is 1. The summed E-state index contributed by atoms with van der Waals surface area (Å²) in [4.78, 5) is 32.1. The third kappa shape index (κ3) is 3.12. The number of nitrogens with one attached hydrogen (secondary N) is 2. The fraction of sp³-hybridized carbons (Fsp3) is 0.188. The Morgan fingerprint density at radius 3 is 2.87 bits per heavy atom. The van der Waals surface area contributed by atoms with E-state index < -0.39 is 0 Å². The van der Waals surface area contributed by atoms with Crippen molar-refractivity contribution < 1.29 is 4.79 Å². The molecule has 2 aromatic heterocycles. The smallest absolute Gasteiger partial charge is 0.263 e. The van der Waals surface area contributed by atoms with Crippen LogP contribution in [0.15, 0.2) is 35.1 Å². The highest BCUT2D eigenvalue weighted by atomic mass is 35.5. The summed E-state index contributed by atoms with van der Waals surface area (Å²) in [5.41, 5.74) is 1.74. The number of hydrogen-bond donors (Lipinski definition) is 2. The molecule has 0 aliphatic rings. The topological polar surface area (TPSA) is 79.8 Å². The maximum absolute atomic E-state index is 12.5. The van der Waals surface area contributed by atoms with Gasteiger partial charge in [-0.15, -0.1) is 0 Å². The van der Waals surface area contributed by atoms with Crippen LogP contribution in [0.2, 0.25) is 5.02 Å². The van der Waals surface area contributed by atoms with Crippen molar-refractivity contribution >= 4 is 34.2 Å². The molecule has 118 valence electrons. The number of rotatable bonds is 3. The van der Waals surface area contributed by atoms with E-state index >= 15 is 0 Å². The normalized spacial score (nSPS) is 10.9. The Kier molecular flexibility index (Phi) is 3.92. The SMILES string of the molecule is Cc1cc2c(=O)n(CC(=O)Nc3cccc(Cl)c3)c(C)nc2[nH]1. The number of benzene rings is 1. The zero-order valence-corrected chi connectivity index (χ0v) is 13.4. The minimum atomic E-state index is -0.314. The van der Waals surface area contributed by atoms with E-state index in [0.29, 0.717) is 27.6 Å². The van der Waals surface area contributed by atoms with Gasteiger partial charge in [0.15, 0.2) is 0 Å². The summed E-state index contributed by atoms with van der Waals surface area (Å²) >= 11 is 5.89. The van der Waals surface area contributed by atoms with Crippen molar-refractivity contribution in [1.29, 1.82) is 0 Å². The quantitative estimate of drug-likeness (QED) is 0.774. The van der Waals surface area contributed by atoms with Gasteiger partial charge in [-0.1, -0.05) is 17.7 Å². The zero-order chi connectivity index (χ0) is 16.6. The molecule has 0 aliphatic carbocycles. The molecule has 0 radical (unpaired) electrons. The van der Waals surface area contributed by atoms with Crippen LogP contribution in [-0.4, -0.2) is 20.4 Å². The second kappa shape index (κ2) is 5.89. The molecule has 1 amide bonds. The number of carbonyl (C=O) groups is 1. The van der Waals surface area contributed by atoms with Crippen molar-refractivity contribution in [1.82, 2.24) is 14.5 Å². The molecule has 23 heavy (non-hydrogen) atoms. The second-order valence-electron chi connectivity index (χ2n) is 5.32. The molecular weight excluding hydrogens is 316 g/mol. The molecule has 3 aromatic rings. The third-order valence-corrected chi connectivity index (χ3v) is 3.72. The molecule has 0 bridgehead atoms. The standard InChI is InChI=1S/C16H15ClN4O2/c1-9-6-13-15(18-9)19-10(2)21(16(13)23)8-14(22)20-12-5-3-4-11(17)7-12/h3-7,18H,8H2,1-2H3,(H,20,22). The first-order chi connectivity index (χ1) is 10.9. The van der Waals surface area contributed by atoms with Crippen LogP contribution in [0.25, 0.3) is 11.0 Å². The molecule has 0 atom stereocenters. The lowest BCUT2D eigenvalue weighted by atomic mass is 10.3. The van der Waals surface area contributed by atoms with Crippen LogP contribution in [0.5, 0.6) is 0 Å². The molecule has 1 aromatic carbocycles. The molecule has 2 N–H and O–H groups in total. The first-order valence-corrected chi connectivity index (χ1v) is 7.44. The van der Waals surface area contributed by atoms with Gasteiger partial charge in [0.2, 0.25) is 5.91 Å². The number of aryl methyl sites for hydroxylation is 2. The fourth-order valence-electron chi connectivity index (χ4n) is 2.44. The van der Waals surface area contributed by atoms with E-state index in [1.54, 1.807) is 37.3 Å². The number of carbonyl (C=O) groups excluding carboxylic acids is 1. The van der Waals surface area contributed by atoms with Gasteiger partial charge in [0.05, 0.1) is 5.39 Å². The Morgan fingerprint density at radius 1 is 1.35 bits per heavy atom. The summed E-state index contributed by atoms with van der Waals surface area (Å²) in [5.74, 6) is 0.163. The fourth-order valence-corrected chi connectivity index (χ4v) is 2.63. The lowest BCUT2D eigenvalue weighted by Crippen LogP contribution is -2.30. The van der Waals surface area contributed by atoms with E-state index in [-0.39, 0.29) is 18.0 Å². The highest BCUT2D eigenvalue weighted by Gasteiger charge is 2.13. The first kappa shape index (κ1) is 15.3. The molecule has 7 heteroatoms. The summed E-state index contributed by atoms with van der Waals surface area (Å²) in [5, 5.41) is 3.73. The zero-order valence-electron chi connectivity index (χ0n) is 12.7. The summed E-state index contributed by atoms with van der Waals surface area (Å²) in [7, 11) is 0. The number of hydrogen-bond acceptors (Lipinski definition) is 3. The summed E-state index contributed by atoms with van der Waals surface area (Å²) in [6.45, 7) is 3.45. The van der Waals surface area contributed by atoms with Crippen molar-refractivity contribution in [2.45, 2.75) is 20.4 Å². The first-order valence-electron chi connectivity index (χ1n) is 7.06. The Hall–Kier alpha value is -2.60. The van der Waals surface area contributed by atoms with Crippen molar-refractivity contribution in [3.8, 4) is 0 Å². The molecule has 3 rings (SSSR count). The number of nitrogens with zero attached hydrogens (tertiary/aromatic N) is 2. The van der Waals surface area contributed by atoms with Gasteiger partial charge in [-0.3, -0.25) is 14.2 Å². The van der Waals surface area contributed by atoms with Gasteiger partial charge in [-0.2, -0.15) is 0 Å². The van der Waals surface area contributed by atoms with Crippen LogP contribution >= 0.6 is 11.6 Å². The monoisotopic (exact) mass is 330 g/mol. The van der Waals surface area contributed by atoms with E-state index in [4.69, 9.17) is 11.6 Å². The minimum Gasteiger partial charge on any atom is -0.343 e. The number of amides is 1. The average molecular weight is 331 g/mol. The molecule has 0 spiro atoms. The average Bonchev–Trinajstić information content (AvgIpc) is 2.84. The third-order valence-electron chi connectivity index (χ3n) is 3.48. The molecular formula is C16H15ClN4O2. The summed E-state index contributed by atoms with van der Waals surface area (Å²) in [6.07, 6.45) is 0. The van der Waals surface area contributed by atoms with Gasteiger partial charge in [0, 0.05) is 16.4 Å². The van der Waals surface area contributed by atoms with Crippen molar-refractivity contribution in [3.05, 3.63) is 57.2 Å². The lowest BCUT2D eigenvalue weighted by molar-refractivity contribution is -0.116. The van der Waals surface area contributed by atoms with Crippen LogP contribution in [0.1, 0.15) is 11.5 Å². The Balaban J connectivity index is 1.89. The number of fused-ring (bicyclic) bond motifs is 1. The van der Waals surface area contributed by atoms with Crippen LogP contribution in [0, 0.1) is 13.8 Å². The van der Waals surface area contributed by atoms with Gasteiger partial charge in [-0.25, -0.2) is 4.98 Å². The molecule has 0 unspecified atom stereocenters. The van der Waals surface area contributed by atoms with E-state index in [0.717, 1.165) is 5.69 Å². The number of H-pyrrole nitrogens is 1. The highest BCUT2D eigenvalue weighted by Crippen LogP contribution is 2.15. The van der Waals surface area contributed by atoms with Gasteiger partial charge in [-0.05, 0) is 38.1 Å². The van der Waals surface area contributed by atoms with Crippen LogP contribution in [0.4, 0.5) is 5.69 Å². The maximum Gasteiger partial charge on any atom is 0.263 e. The van der Waals surface area contributed by atoms with Crippen molar-refractivity contribution in [2.24, 2.45) is 0 Å². The minimum absolute atomic E-state index is 0.107. The predicted octanol–water partition coefficient (Wildman–Crippen LogP) is 2.63. The Bertz CT molecular complexity index is 958. The van der Waals surface area contributed by atoms with E-state index in [1.165, 1.54) is 4.57 Å². The van der Waals surface area contributed by atoms with E-state index in [2.05, 4.69) is 15.3 Å². The van der Waals surface area contributed by atoms with Crippen LogP contribution in [-0.2, 0) is 11.3 Å². The predicted molar refractivity (Wildman–Crippen MR) is 89.9 cm³/mol. The van der Waals surface area contributed by atoms with Gasteiger partial charge >= 0.3 is 0 Å². The van der Waals surface area contributed by atoms with E-state index in [9.17, 15) is 9.59 Å². The van der Waals surface area contributed by atoms with E-state index in [1.807, 2.05) is 6.92 Å². The van der Waals surface area contributed by atoms with Crippen LogP contribution < -0.4 is 10.9 Å². The highest BCUT2D eigenvalue weighted by molar-refractivity contribution is 6.30. The van der Waals surface area contributed by atoms with Gasteiger partial charge in [0.1, 0.15) is 18.0 Å². The number of aromatic nitrogens is 3. The Labute approximate surface area is 137 Å².